The van der Waals surface area contributed by atoms with Crippen LogP contribution in [0.15, 0.2) is 53.0 Å². The van der Waals surface area contributed by atoms with Crippen LogP contribution in [-0.4, -0.2) is 24.1 Å². The molecule has 0 radical (unpaired) electrons. The van der Waals surface area contributed by atoms with Gasteiger partial charge in [-0.05, 0) is 28.1 Å². The van der Waals surface area contributed by atoms with Crippen molar-refractivity contribution >= 4 is 38.4 Å². The zero-order valence-corrected chi connectivity index (χ0v) is 14.2. The van der Waals surface area contributed by atoms with Gasteiger partial charge >= 0.3 is 0 Å². The number of halogens is 1. The van der Waals surface area contributed by atoms with E-state index in [0.29, 0.717) is 36.1 Å². The second-order valence-electron chi connectivity index (χ2n) is 5.32. The predicted octanol–water partition coefficient (Wildman–Crippen LogP) is 4.02. The Hall–Kier alpha value is -2.60. The Bertz CT molecular complexity index is 943. The topological polar surface area (TPSA) is 60.5 Å². The number of carbonyl (C=O) groups excluding carboxylic acids is 1. The molecular weight excluding hydrogens is 372 g/mol. The van der Waals surface area contributed by atoms with Crippen LogP contribution < -0.4 is 14.8 Å². The summed E-state index contributed by atoms with van der Waals surface area (Å²) in [4.78, 5) is 16.9. The Morgan fingerprint density at radius 1 is 1.04 bits per heavy atom. The molecule has 0 fully saturated rings. The first-order valence-corrected chi connectivity index (χ1v) is 8.26. The van der Waals surface area contributed by atoms with Gasteiger partial charge in [0.25, 0.3) is 5.91 Å². The van der Waals surface area contributed by atoms with Crippen molar-refractivity contribution in [3.05, 3.63) is 58.7 Å². The van der Waals surface area contributed by atoms with Crippen molar-refractivity contribution in [2.45, 2.75) is 0 Å². The molecule has 0 saturated carbocycles. The molecule has 24 heavy (non-hydrogen) atoms. The molecule has 6 heteroatoms. The van der Waals surface area contributed by atoms with Crippen LogP contribution in [0.25, 0.3) is 10.9 Å². The number of nitrogens with one attached hydrogen (secondary N) is 1. The first kappa shape index (κ1) is 15.0. The number of anilines is 1. The predicted molar refractivity (Wildman–Crippen MR) is 94.8 cm³/mol. The minimum absolute atomic E-state index is 0.280. The Labute approximate surface area is 146 Å². The second kappa shape index (κ2) is 6.13. The summed E-state index contributed by atoms with van der Waals surface area (Å²) in [6, 6.07) is 14.8. The molecule has 1 amide bonds. The maximum atomic E-state index is 12.5. The molecule has 2 aromatic carbocycles. The molecule has 4 rings (SSSR count). The van der Waals surface area contributed by atoms with E-state index >= 15 is 0 Å². The van der Waals surface area contributed by atoms with E-state index in [9.17, 15) is 4.79 Å². The van der Waals surface area contributed by atoms with Gasteiger partial charge in [-0.3, -0.25) is 4.79 Å². The summed E-state index contributed by atoms with van der Waals surface area (Å²) in [6.07, 6.45) is 0. The maximum Gasteiger partial charge on any atom is 0.274 e. The quantitative estimate of drug-likeness (QED) is 0.724. The zero-order valence-electron chi connectivity index (χ0n) is 12.6. The van der Waals surface area contributed by atoms with Gasteiger partial charge in [-0.15, -0.1) is 0 Å². The van der Waals surface area contributed by atoms with Crippen LogP contribution in [0.1, 0.15) is 10.5 Å². The third kappa shape index (κ3) is 2.80. The Morgan fingerprint density at radius 2 is 1.79 bits per heavy atom. The molecule has 0 atom stereocenters. The van der Waals surface area contributed by atoms with Crippen LogP contribution in [0.2, 0.25) is 0 Å². The standard InChI is InChI=1S/C18H13BrN2O3/c19-12-9-16-17(24-8-7-23-16)10-15(12)21-18(22)14-6-5-11-3-1-2-4-13(11)20-14/h1-6,9-10H,7-8H2,(H,21,22). The Morgan fingerprint density at radius 3 is 2.62 bits per heavy atom. The number of benzene rings is 2. The lowest BCUT2D eigenvalue weighted by Gasteiger charge is -2.20. The van der Waals surface area contributed by atoms with Crippen molar-refractivity contribution in [2.75, 3.05) is 18.5 Å². The SMILES string of the molecule is O=C(Nc1cc2c(cc1Br)OCCO2)c1ccc2ccccc2n1. The summed E-state index contributed by atoms with van der Waals surface area (Å²) in [5.74, 6) is 0.999. The van der Waals surface area contributed by atoms with E-state index in [0.717, 1.165) is 15.4 Å². The third-order valence-corrected chi connectivity index (χ3v) is 4.37. The molecular formula is C18H13BrN2O3. The summed E-state index contributed by atoms with van der Waals surface area (Å²) in [7, 11) is 0. The van der Waals surface area contributed by atoms with Gasteiger partial charge in [0.1, 0.15) is 18.9 Å². The fourth-order valence-electron chi connectivity index (χ4n) is 2.54. The van der Waals surface area contributed by atoms with Crippen molar-refractivity contribution < 1.29 is 14.3 Å². The van der Waals surface area contributed by atoms with Crippen LogP contribution in [0, 0.1) is 0 Å². The highest BCUT2D eigenvalue weighted by atomic mass is 79.9. The molecule has 0 aliphatic carbocycles. The molecule has 5 nitrogen and oxygen atoms in total. The molecule has 2 heterocycles. The van der Waals surface area contributed by atoms with E-state index in [1.165, 1.54) is 0 Å². The Kier molecular flexibility index (Phi) is 3.82. The van der Waals surface area contributed by atoms with E-state index in [2.05, 4.69) is 26.2 Å². The number of hydrogen-bond acceptors (Lipinski definition) is 4. The van der Waals surface area contributed by atoms with Crippen molar-refractivity contribution in [3.63, 3.8) is 0 Å². The molecule has 0 bridgehead atoms. The van der Waals surface area contributed by atoms with Crippen molar-refractivity contribution in [1.29, 1.82) is 0 Å². The lowest BCUT2D eigenvalue weighted by atomic mass is 10.2. The number of ether oxygens (including phenoxy) is 2. The van der Waals surface area contributed by atoms with Gasteiger partial charge < -0.3 is 14.8 Å². The van der Waals surface area contributed by atoms with E-state index in [1.807, 2.05) is 30.3 Å². The highest BCUT2D eigenvalue weighted by molar-refractivity contribution is 9.10. The number of rotatable bonds is 2. The van der Waals surface area contributed by atoms with E-state index in [1.54, 1.807) is 18.2 Å². The number of amides is 1. The van der Waals surface area contributed by atoms with Gasteiger partial charge in [0, 0.05) is 22.0 Å². The van der Waals surface area contributed by atoms with Crippen LogP contribution >= 0.6 is 15.9 Å². The van der Waals surface area contributed by atoms with E-state index < -0.39 is 0 Å². The molecule has 0 spiro atoms. The van der Waals surface area contributed by atoms with Crippen molar-refractivity contribution in [3.8, 4) is 11.5 Å². The van der Waals surface area contributed by atoms with E-state index in [4.69, 9.17) is 9.47 Å². The monoisotopic (exact) mass is 384 g/mol. The lowest BCUT2D eigenvalue weighted by molar-refractivity contribution is 0.102. The smallest absolute Gasteiger partial charge is 0.274 e. The zero-order chi connectivity index (χ0) is 16.5. The normalized spacial score (nSPS) is 12.9. The molecule has 1 aliphatic heterocycles. The summed E-state index contributed by atoms with van der Waals surface area (Å²) in [6.45, 7) is 1.01. The van der Waals surface area contributed by atoms with Crippen molar-refractivity contribution in [1.82, 2.24) is 4.98 Å². The molecule has 1 N–H and O–H groups in total. The van der Waals surface area contributed by atoms with Gasteiger partial charge in [0.15, 0.2) is 11.5 Å². The number of fused-ring (bicyclic) bond motifs is 2. The van der Waals surface area contributed by atoms with Crippen LogP contribution in [0.5, 0.6) is 11.5 Å². The fourth-order valence-corrected chi connectivity index (χ4v) is 2.96. The highest BCUT2D eigenvalue weighted by Gasteiger charge is 2.17. The molecule has 1 aliphatic rings. The van der Waals surface area contributed by atoms with E-state index in [-0.39, 0.29) is 5.91 Å². The number of para-hydroxylation sites is 1. The lowest BCUT2D eigenvalue weighted by Crippen LogP contribution is -2.17. The second-order valence-corrected chi connectivity index (χ2v) is 6.17. The van der Waals surface area contributed by atoms with Gasteiger partial charge in [-0.1, -0.05) is 24.3 Å². The molecule has 0 unspecified atom stereocenters. The number of hydrogen-bond donors (Lipinski definition) is 1. The number of nitrogens with zero attached hydrogens (tertiary/aromatic N) is 1. The maximum absolute atomic E-state index is 12.5. The highest BCUT2D eigenvalue weighted by Crippen LogP contribution is 2.38. The molecule has 0 saturated heterocycles. The number of aromatic nitrogens is 1. The minimum atomic E-state index is -0.280. The van der Waals surface area contributed by atoms with Gasteiger partial charge in [0.05, 0.1) is 11.2 Å². The average molecular weight is 385 g/mol. The Balaban J connectivity index is 1.63. The number of pyridine rings is 1. The summed E-state index contributed by atoms with van der Waals surface area (Å²) in [5, 5.41) is 3.85. The summed E-state index contributed by atoms with van der Waals surface area (Å²) < 4.78 is 11.8. The summed E-state index contributed by atoms with van der Waals surface area (Å²) in [5.41, 5.74) is 1.75. The largest absolute Gasteiger partial charge is 0.486 e. The van der Waals surface area contributed by atoms with Gasteiger partial charge in [-0.2, -0.15) is 0 Å². The minimum Gasteiger partial charge on any atom is -0.486 e. The summed E-state index contributed by atoms with van der Waals surface area (Å²) >= 11 is 3.45. The third-order valence-electron chi connectivity index (χ3n) is 3.71. The molecule has 3 aromatic rings. The first-order valence-electron chi connectivity index (χ1n) is 7.47. The first-order chi connectivity index (χ1) is 11.7. The van der Waals surface area contributed by atoms with Crippen LogP contribution in [0.4, 0.5) is 5.69 Å². The number of carbonyl (C=O) groups is 1. The average Bonchev–Trinajstić information content (AvgIpc) is 2.62. The fraction of sp³-hybridized carbons (Fsp3) is 0.111. The van der Waals surface area contributed by atoms with Gasteiger partial charge in [0.2, 0.25) is 0 Å². The van der Waals surface area contributed by atoms with Crippen LogP contribution in [0.3, 0.4) is 0 Å². The molecule has 120 valence electrons. The van der Waals surface area contributed by atoms with Crippen molar-refractivity contribution in [2.24, 2.45) is 0 Å². The van der Waals surface area contributed by atoms with Gasteiger partial charge in [-0.25, -0.2) is 4.98 Å². The van der Waals surface area contributed by atoms with Crippen LogP contribution in [-0.2, 0) is 0 Å². The molecule has 1 aromatic heterocycles.